The van der Waals surface area contributed by atoms with E-state index in [0.717, 1.165) is 5.56 Å². The van der Waals surface area contributed by atoms with Gasteiger partial charge in [-0.2, -0.15) is 0 Å². The van der Waals surface area contributed by atoms with Crippen LogP contribution in [0, 0.1) is 5.82 Å². The molecule has 130 valence electrons. The average Bonchev–Trinajstić information content (AvgIpc) is 2.88. The van der Waals surface area contributed by atoms with Crippen molar-refractivity contribution in [3.05, 3.63) is 59.4 Å². The zero-order chi connectivity index (χ0) is 18.5. The maximum absolute atomic E-state index is 13.3. The number of halogens is 1. The van der Waals surface area contributed by atoms with E-state index in [1.165, 1.54) is 23.9 Å². The highest BCUT2D eigenvalue weighted by atomic mass is 32.2. The van der Waals surface area contributed by atoms with Gasteiger partial charge in [-0.3, -0.25) is 9.69 Å². The Balaban J connectivity index is 1.87. The molecule has 4 rings (SSSR count). The third-order valence-corrected chi connectivity index (χ3v) is 5.59. The maximum atomic E-state index is 13.3. The summed E-state index contributed by atoms with van der Waals surface area (Å²) in [7, 11) is 7.69. The highest BCUT2D eigenvalue weighted by Crippen LogP contribution is 2.50. The van der Waals surface area contributed by atoms with Gasteiger partial charge in [0, 0.05) is 19.0 Å². The molecule has 2 heterocycles. The molecule has 26 heavy (non-hydrogen) atoms. The summed E-state index contributed by atoms with van der Waals surface area (Å²) in [5.41, 5.74) is 0.957. The predicted octanol–water partition coefficient (Wildman–Crippen LogP) is 2.53. The standard InChI is InChI=1S/C19H16BFN2O2S/c1-23-17(24)19(22-18(23)26-2)10-16(11-3-6-13(21)7-4-11)25-15-8-5-12(20)9-14(15)19/h3-9,16H,10H2,1-2H3. The molecule has 4 nitrogen and oxygen atoms in total. The molecule has 1 spiro atoms. The van der Waals surface area contributed by atoms with Gasteiger partial charge in [-0.25, -0.2) is 9.38 Å². The first kappa shape index (κ1) is 17.2. The van der Waals surface area contributed by atoms with Gasteiger partial charge in [-0.1, -0.05) is 41.5 Å². The van der Waals surface area contributed by atoms with Gasteiger partial charge in [0.2, 0.25) is 0 Å². The van der Waals surface area contributed by atoms with Crippen LogP contribution < -0.4 is 10.2 Å². The molecular weight excluding hydrogens is 350 g/mol. The van der Waals surface area contributed by atoms with Crippen molar-refractivity contribution < 1.29 is 13.9 Å². The van der Waals surface area contributed by atoms with E-state index in [1.807, 2.05) is 6.26 Å². The van der Waals surface area contributed by atoms with Gasteiger partial charge in [0.25, 0.3) is 5.91 Å². The molecule has 2 aromatic carbocycles. The lowest BCUT2D eigenvalue weighted by Crippen LogP contribution is -2.43. The quantitative estimate of drug-likeness (QED) is 0.729. The second kappa shape index (κ2) is 6.16. The Morgan fingerprint density at radius 3 is 2.69 bits per heavy atom. The van der Waals surface area contributed by atoms with Gasteiger partial charge in [0.05, 0.1) is 0 Å². The van der Waals surface area contributed by atoms with Crippen LogP contribution in [0.4, 0.5) is 4.39 Å². The van der Waals surface area contributed by atoms with Gasteiger partial charge in [0.15, 0.2) is 10.7 Å². The van der Waals surface area contributed by atoms with Crippen molar-refractivity contribution in [3.8, 4) is 5.75 Å². The average molecular weight is 366 g/mol. The first-order chi connectivity index (χ1) is 12.4. The predicted molar refractivity (Wildman–Crippen MR) is 102 cm³/mol. The van der Waals surface area contributed by atoms with Crippen LogP contribution in [0.3, 0.4) is 0 Å². The van der Waals surface area contributed by atoms with Crippen LogP contribution in [-0.4, -0.2) is 37.1 Å². The number of hydrogen-bond acceptors (Lipinski definition) is 4. The first-order valence-corrected chi connectivity index (χ1v) is 9.41. The Bertz CT molecular complexity index is 918. The third-order valence-electron chi connectivity index (χ3n) is 4.86. The molecule has 2 aromatic rings. The number of nitrogens with zero attached hydrogens (tertiary/aromatic N) is 2. The van der Waals surface area contributed by atoms with Gasteiger partial charge in [0.1, 0.15) is 25.5 Å². The molecule has 0 aliphatic carbocycles. The zero-order valence-corrected chi connectivity index (χ0v) is 15.2. The van der Waals surface area contributed by atoms with Crippen LogP contribution in [0.1, 0.15) is 23.7 Å². The highest BCUT2D eigenvalue weighted by Gasteiger charge is 2.53. The summed E-state index contributed by atoms with van der Waals surface area (Å²) in [6.45, 7) is 0. The molecule has 2 radical (unpaired) electrons. The number of likely N-dealkylation sites (N-methyl/N-ethyl adjacent to an activating group) is 1. The lowest BCUT2D eigenvalue weighted by molar-refractivity contribution is -0.132. The van der Waals surface area contributed by atoms with Crippen molar-refractivity contribution in [3.63, 3.8) is 0 Å². The molecule has 0 bridgehead atoms. The molecular formula is C19H16BFN2O2S. The number of thioether (sulfide) groups is 1. The second-order valence-electron chi connectivity index (χ2n) is 6.44. The Labute approximate surface area is 156 Å². The lowest BCUT2D eigenvalue weighted by Gasteiger charge is -2.37. The summed E-state index contributed by atoms with van der Waals surface area (Å²) < 4.78 is 19.4. The van der Waals surface area contributed by atoms with E-state index in [2.05, 4.69) is 0 Å². The van der Waals surface area contributed by atoms with Crippen molar-refractivity contribution in [2.45, 2.75) is 18.1 Å². The first-order valence-electron chi connectivity index (χ1n) is 8.19. The summed E-state index contributed by atoms with van der Waals surface area (Å²) in [4.78, 5) is 19.6. The number of fused-ring (bicyclic) bond motifs is 2. The van der Waals surface area contributed by atoms with Crippen LogP contribution in [0.25, 0.3) is 0 Å². The van der Waals surface area contributed by atoms with E-state index in [9.17, 15) is 9.18 Å². The molecule has 7 heteroatoms. The fourth-order valence-corrected chi connectivity index (χ4v) is 4.16. The van der Waals surface area contributed by atoms with E-state index < -0.39 is 11.6 Å². The van der Waals surface area contributed by atoms with Crippen LogP contribution in [0.15, 0.2) is 47.5 Å². The number of benzene rings is 2. The minimum Gasteiger partial charge on any atom is -0.485 e. The normalized spacial score (nSPS) is 24.4. The van der Waals surface area contributed by atoms with Gasteiger partial charge in [-0.05, 0) is 30.0 Å². The third kappa shape index (κ3) is 2.53. The molecule has 2 atom stereocenters. The minimum atomic E-state index is -1.07. The smallest absolute Gasteiger partial charge is 0.261 e. The molecule has 2 aliphatic rings. The zero-order valence-electron chi connectivity index (χ0n) is 14.4. The van der Waals surface area contributed by atoms with Crippen molar-refractivity contribution in [2.24, 2.45) is 4.99 Å². The summed E-state index contributed by atoms with van der Waals surface area (Å²) in [6, 6.07) is 11.4. The molecule has 0 saturated carbocycles. The number of amidine groups is 1. The SMILES string of the molecule is [B]c1ccc2c(c1)C1(CC(c3ccc(F)cc3)O2)N=C(SC)N(C)C1=O. The van der Waals surface area contributed by atoms with E-state index in [1.54, 1.807) is 42.3 Å². The number of ether oxygens (including phenoxy) is 1. The fraction of sp³-hybridized carbons (Fsp3) is 0.263. The summed E-state index contributed by atoms with van der Waals surface area (Å²) in [6.07, 6.45) is 1.81. The second-order valence-corrected chi connectivity index (χ2v) is 7.21. The van der Waals surface area contributed by atoms with Gasteiger partial charge < -0.3 is 4.74 Å². The monoisotopic (exact) mass is 366 g/mol. The van der Waals surface area contributed by atoms with Crippen LogP contribution >= 0.6 is 11.8 Å². The number of amides is 1. The summed E-state index contributed by atoms with van der Waals surface area (Å²) in [5.74, 6) is 0.156. The molecule has 0 aromatic heterocycles. The van der Waals surface area contributed by atoms with Crippen molar-refractivity contribution in [2.75, 3.05) is 13.3 Å². The van der Waals surface area contributed by atoms with Crippen LogP contribution in [0.2, 0.25) is 0 Å². The maximum Gasteiger partial charge on any atom is 0.261 e. The van der Waals surface area contributed by atoms with E-state index in [4.69, 9.17) is 17.6 Å². The molecule has 2 aliphatic heterocycles. The number of aliphatic imine (C=N–C) groups is 1. The molecule has 1 amide bonds. The van der Waals surface area contributed by atoms with E-state index in [0.29, 0.717) is 28.4 Å². The largest absolute Gasteiger partial charge is 0.485 e. The molecule has 0 fully saturated rings. The van der Waals surface area contributed by atoms with Gasteiger partial charge in [-0.15, -0.1) is 0 Å². The fourth-order valence-electron chi connectivity index (χ4n) is 3.55. The minimum absolute atomic E-state index is 0.107. The van der Waals surface area contributed by atoms with E-state index in [-0.39, 0.29) is 11.7 Å². The molecule has 0 N–H and O–H groups in total. The van der Waals surface area contributed by atoms with Crippen molar-refractivity contribution in [1.82, 2.24) is 4.90 Å². The Morgan fingerprint density at radius 1 is 1.31 bits per heavy atom. The van der Waals surface area contributed by atoms with E-state index >= 15 is 0 Å². The van der Waals surface area contributed by atoms with Crippen LogP contribution in [0.5, 0.6) is 5.75 Å². The number of rotatable bonds is 1. The summed E-state index contributed by atoms with van der Waals surface area (Å²) >= 11 is 1.42. The summed E-state index contributed by atoms with van der Waals surface area (Å²) in [5, 5.41) is 0.656. The molecule has 2 unspecified atom stereocenters. The number of carbonyl (C=O) groups is 1. The van der Waals surface area contributed by atoms with Crippen molar-refractivity contribution in [1.29, 1.82) is 0 Å². The Hall–Kier alpha value is -2.28. The Kier molecular flexibility index (Phi) is 4.06. The number of carbonyl (C=O) groups excluding carboxylic acids is 1. The molecule has 0 saturated heterocycles. The topological polar surface area (TPSA) is 41.9 Å². The highest BCUT2D eigenvalue weighted by molar-refractivity contribution is 8.13. The van der Waals surface area contributed by atoms with Gasteiger partial charge >= 0.3 is 0 Å². The number of hydrogen-bond donors (Lipinski definition) is 0. The Morgan fingerprint density at radius 2 is 2.04 bits per heavy atom. The lowest BCUT2D eigenvalue weighted by atomic mass is 9.78. The van der Waals surface area contributed by atoms with Crippen molar-refractivity contribution >= 4 is 36.1 Å². The van der Waals surface area contributed by atoms with Crippen LogP contribution in [-0.2, 0) is 10.3 Å².